The third-order valence-corrected chi connectivity index (χ3v) is 6.60. The summed E-state index contributed by atoms with van der Waals surface area (Å²) in [6, 6.07) is 5.73. The molecule has 4 atom stereocenters. The molecule has 3 rings (SSSR count). The number of aromatic nitrogens is 2. The lowest BCUT2D eigenvalue weighted by Crippen LogP contribution is -2.42. The third kappa shape index (κ3) is 6.81. The summed E-state index contributed by atoms with van der Waals surface area (Å²) in [7, 11) is -4.46. The van der Waals surface area contributed by atoms with E-state index in [1.54, 1.807) is 19.1 Å². The second-order valence-electron chi connectivity index (χ2n) is 8.21. The summed E-state index contributed by atoms with van der Waals surface area (Å²) in [5.74, 6) is -3.17. The molecule has 0 spiro atoms. The summed E-state index contributed by atoms with van der Waals surface area (Å²) in [6.45, 7) is 3.41. The number of nitrogen functional groups attached to an aromatic ring is 1. The molecular formula is C23H25N3O11S. The number of carbonyl (C=O) groups excluding carboxylic acids is 2. The van der Waals surface area contributed by atoms with Gasteiger partial charge in [0.25, 0.3) is 10.1 Å². The molecule has 0 radical (unpaired) electrons. The molecule has 1 fully saturated rings. The Hall–Kier alpha value is -4.08. The van der Waals surface area contributed by atoms with Crippen molar-refractivity contribution in [1.82, 2.24) is 9.55 Å². The number of nitrogens with zero attached hydrogens (tertiary/aromatic N) is 2. The standard InChI is InChI=1S/C23H25N3O11S/c1-12-4-7-16(8-5-12)38(32,33)37-19-17(11-34-13(2)27)36-22(20(19)35-14(3)28)26-10-15(6-9-18(29)30)21(24)25-23(26)31/h4-10,17,19-20,22H,11H2,1-3H3,(H,29,30)(H2,24,25,31)/t17-,19+,20-,22-/m1/s1. The van der Waals surface area contributed by atoms with Crippen molar-refractivity contribution in [2.75, 3.05) is 12.3 Å². The quantitative estimate of drug-likeness (QED) is 0.246. The van der Waals surface area contributed by atoms with Crippen LogP contribution in [-0.2, 0) is 42.9 Å². The molecule has 0 aliphatic carbocycles. The molecule has 2 aromatic rings. The minimum absolute atomic E-state index is 0.00496. The number of carboxylic acids is 1. The van der Waals surface area contributed by atoms with Gasteiger partial charge < -0.3 is 25.1 Å². The van der Waals surface area contributed by atoms with Gasteiger partial charge in [0.1, 0.15) is 24.6 Å². The first-order valence-corrected chi connectivity index (χ1v) is 12.4. The molecule has 0 unspecified atom stereocenters. The number of nitrogens with two attached hydrogens (primary N) is 1. The predicted molar refractivity (Wildman–Crippen MR) is 129 cm³/mol. The van der Waals surface area contributed by atoms with Crippen LogP contribution >= 0.6 is 0 Å². The highest BCUT2D eigenvalue weighted by Crippen LogP contribution is 2.35. The predicted octanol–water partition coefficient (Wildman–Crippen LogP) is 0.398. The Bertz CT molecular complexity index is 1420. The molecule has 1 aliphatic heterocycles. The first-order chi connectivity index (χ1) is 17.8. The van der Waals surface area contributed by atoms with E-state index in [0.717, 1.165) is 42.3 Å². The number of aliphatic carboxylic acids is 1. The number of rotatable bonds is 9. The molecule has 1 saturated heterocycles. The first-order valence-electron chi connectivity index (χ1n) is 11.0. The smallest absolute Gasteiger partial charge is 0.351 e. The van der Waals surface area contributed by atoms with Crippen LogP contribution in [0, 0.1) is 6.92 Å². The SMILES string of the molecule is CC(=O)OC[C@H]1O[C@@H](n2cc(C=CC(=O)O)c(N)nc2=O)[C@H](OC(C)=O)[C@H]1OS(=O)(=O)c1ccc(C)cc1. The highest BCUT2D eigenvalue weighted by Gasteiger charge is 2.51. The maximum absolute atomic E-state index is 13.1. The van der Waals surface area contributed by atoms with E-state index in [0.29, 0.717) is 0 Å². The number of esters is 2. The number of carboxylic acid groups (broad SMARTS) is 1. The summed E-state index contributed by atoms with van der Waals surface area (Å²) in [6.07, 6.45) is -3.03. The number of aryl methyl sites for hydroxylation is 1. The van der Waals surface area contributed by atoms with E-state index in [1.165, 1.54) is 12.1 Å². The summed E-state index contributed by atoms with van der Waals surface area (Å²) in [4.78, 5) is 50.6. The van der Waals surface area contributed by atoms with Crippen molar-refractivity contribution in [3.63, 3.8) is 0 Å². The van der Waals surface area contributed by atoms with Crippen molar-refractivity contribution < 1.29 is 46.3 Å². The van der Waals surface area contributed by atoms with E-state index in [9.17, 15) is 27.6 Å². The summed E-state index contributed by atoms with van der Waals surface area (Å²) < 4.78 is 48.6. The second kappa shape index (κ2) is 11.5. The number of anilines is 1. The highest BCUT2D eigenvalue weighted by atomic mass is 32.2. The Morgan fingerprint density at radius 1 is 1.16 bits per heavy atom. The van der Waals surface area contributed by atoms with Crippen LogP contribution in [-0.4, -0.2) is 65.9 Å². The Labute approximate surface area is 216 Å². The lowest BCUT2D eigenvalue weighted by Gasteiger charge is -2.24. The Balaban J connectivity index is 2.09. The second-order valence-corrected chi connectivity index (χ2v) is 9.78. The average molecular weight is 552 g/mol. The van der Waals surface area contributed by atoms with Gasteiger partial charge in [-0.3, -0.25) is 18.3 Å². The fourth-order valence-electron chi connectivity index (χ4n) is 3.57. The number of hydrogen-bond donors (Lipinski definition) is 2. The van der Waals surface area contributed by atoms with Gasteiger partial charge in [-0.05, 0) is 25.1 Å². The van der Waals surface area contributed by atoms with Gasteiger partial charge in [0.15, 0.2) is 12.3 Å². The molecule has 1 aliphatic rings. The monoisotopic (exact) mass is 551 g/mol. The molecule has 38 heavy (non-hydrogen) atoms. The molecule has 0 amide bonds. The van der Waals surface area contributed by atoms with E-state index in [1.807, 2.05) is 0 Å². The number of benzene rings is 1. The minimum atomic E-state index is -4.46. The maximum Gasteiger partial charge on any atom is 0.351 e. The van der Waals surface area contributed by atoms with Gasteiger partial charge >= 0.3 is 23.6 Å². The fourth-order valence-corrected chi connectivity index (χ4v) is 4.68. The zero-order valence-corrected chi connectivity index (χ0v) is 21.3. The van der Waals surface area contributed by atoms with Gasteiger partial charge in [-0.1, -0.05) is 17.7 Å². The van der Waals surface area contributed by atoms with Crippen LogP contribution in [0.2, 0.25) is 0 Å². The van der Waals surface area contributed by atoms with Gasteiger partial charge in [-0.2, -0.15) is 13.4 Å². The van der Waals surface area contributed by atoms with Crippen molar-refractivity contribution in [3.8, 4) is 0 Å². The summed E-state index contributed by atoms with van der Waals surface area (Å²) >= 11 is 0. The zero-order chi connectivity index (χ0) is 28.2. The summed E-state index contributed by atoms with van der Waals surface area (Å²) in [5, 5.41) is 8.92. The van der Waals surface area contributed by atoms with Crippen LogP contribution < -0.4 is 11.4 Å². The van der Waals surface area contributed by atoms with Crippen molar-refractivity contribution in [2.24, 2.45) is 0 Å². The molecular weight excluding hydrogens is 526 g/mol. The van der Waals surface area contributed by atoms with E-state index in [2.05, 4.69) is 4.98 Å². The highest BCUT2D eigenvalue weighted by molar-refractivity contribution is 7.86. The van der Waals surface area contributed by atoms with E-state index in [-0.39, 0.29) is 16.3 Å². The largest absolute Gasteiger partial charge is 0.478 e. The van der Waals surface area contributed by atoms with Gasteiger partial charge in [-0.25, -0.2) is 9.59 Å². The van der Waals surface area contributed by atoms with Crippen LogP contribution in [0.5, 0.6) is 0 Å². The van der Waals surface area contributed by atoms with Crippen LogP contribution in [0.3, 0.4) is 0 Å². The normalized spacial score (nSPS) is 21.3. The molecule has 0 saturated carbocycles. The van der Waals surface area contributed by atoms with Gasteiger partial charge in [0, 0.05) is 31.7 Å². The van der Waals surface area contributed by atoms with Crippen molar-refractivity contribution in [3.05, 3.63) is 58.1 Å². The third-order valence-electron chi connectivity index (χ3n) is 5.28. The van der Waals surface area contributed by atoms with E-state index in [4.69, 9.17) is 29.2 Å². The average Bonchev–Trinajstić information content (AvgIpc) is 3.12. The molecule has 0 bridgehead atoms. The molecule has 15 heteroatoms. The Kier molecular flexibility index (Phi) is 8.65. The number of ether oxygens (including phenoxy) is 3. The maximum atomic E-state index is 13.1. The van der Waals surface area contributed by atoms with Crippen LogP contribution in [0.15, 0.2) is 46.2 Å². The summed E-state index contributed by atoms with van der Waals surface area (Å²) in [5.41, 5.74) is 5.55. The fraction of sp³-hybridized carbons (Fsp3) is 0.348. The molecule has 1 aromatic carbocycles. The molecule has 3 N–H and O–H groups in total. The molecule has 204 valence electrons. The Morgan fingerprint density at radius 3 is 2.39 bits per heavy atom. The van der Waals surface area contributed by atoms with Gasteiger partial charge in [0.2, 0.25) is 0 Å². The Morgan fingerprint density at radius 2 is 1.82 bits per heavy atom. The van der Waals surface area contributed by atoms with Crippen LogP contribution in [0.1, 0.15) is 31.2 Å². The topological polar surface area (TPSA) is 203 Å². The number of hydrogen-bond acceptors (Lipinski definition) is 12. The zero-order valence-electron chi connectivity index (χ0n) is 20.5. The van der Waals surface area contributed by atoms with E-state index >= 15 is 0 Å². The van der Waals surface area contributed by atoms with Crippen LogP contribution in [0.25, 0.3) is 6.08 Å². The molecule has 1 aromatic heterocycles. The first kappa shape index (κ1) is 28.5. The van der Waals surface area contributed by atoms with Crippen LogP contribution in [0.4, 0.5) is 5.82 Å². The van der Waals surface area contributed by atoms with Gasteiger partial charge in [-0.15, -0.1) is 0 Å². The van der Waals surface area contributed by atoms with Crippen molar-refractivity contribution >= 4 is 39.9 Å². The minimum Gasteiger partial charge on any atom is -0.478 e. The van der Waals surface area contributed by atoms with Crippen molar-refractivity contribution in [2.45, 2.75) is 50.2 Å². The molecule has 14 nitrogen and oxygen atoms in total. The lowest BCUT2D eigenvalue weighted by atomic mass is 10.1. The molecule has 2 heterocycles. The number of carbonyl (C=O) groups is 3. The van der Waals surface area contributed by atoms with E-state index < -0.39 is 64.9 Å². The van der Waals surface area contributed by atoms with Gasteiger partial charge in [0.05, 0.1) is 4.90 Å². The lowest BCUT2D eigenvalue weighted by molar-refractivity contribution is -0.155. The van der Waals surface area contributed by atoms with Crippen molar-refractivity contribution in [1.29, 1.82) is 0 Å².